The minimum Gasteiger partial charge on any atom is -0.369 e. The van der Waals surface area contributed by atoms with E-state index in [0.717, 1.165) is 25.9 Å². The van der Waals surface area contributed by atoms with Gasteiger partial charge in [0.25, 0.3) is 10.1 Å². The lowest BCUT2D eigenvalue weighted by molar-refractivity contribution is -0.123. The molecule has 0 aliphatic carbocycles. The molecular formula is C11H25N3O4S. The lowest BCUT2D eigenvalue weighted by Crippen LogP contribution is -2.41. The number of likely N-dealkylation sites (tertiary alicyclic amines) is 1. The van der Waals surface area contributed by atoms with Crippen LogP contribution in [0.25, 0.3) is 0 Å². The van der Waals surface area contributed by atoms with E-state index in [-0.39, 0.29) is 24.1 Å². The molecule has 7 nitrogen and oxygen atoms in total. The third kappa shape index (κ3) is 8.93. The van der Waals surface area contributed by atoms with Gasteiger partial charge in [-0.1, -0.05) is 0 Å². The Morgan fingerprint density at radius 2 is 1.84 bits per heavy atom. The number of primary amides is 1. The highest BCUT2D eigenvalue weighted by atomic mass is 32.2. The molecule has 0 aromatic rings. The van der Waals surface area contributed by atoms with Gasteiger partial charge in [0.1, 0.15) is 0 Å². The van der Waals surface area contributed by atoms with Crippen LogP contribution in [-0.2, 0) is 14.9 Å². The van der Waals surface area contributed by atoms with E-state index in [0.29, 0.717) is 6.04 Å². The number of nitrogens with zero attached hydrogens (tertiary/aromatic N) is 1. The number of carbonyl (C=O) groups excluding carboxylic acids is 1. The number of nitrogens with two attached hydrogens (primary N) is 2. The predicted octanol–water partition coefficient (Wildman–Crippen LogP) is -0.575. The Balaban J connectivity index is 0.000000399. The van der Waals surface area contributed by atoms with Gasteiger partial charge in [0.15, 0.2) is 0 Å². The second-order valence-electron chi connectivity index (χ2n) is 4.88. The lowest BCUT2D eigenvalue weighted by atomic mass is 9.95. The molecule has 0 spiro atoms. The molecule has 0 bridgehead atoms. The highest BCUT2D eigenvalue weighted by molar-refractivity contribution is 7.85. The van der Waals surface area contributed by atoms with E-state index in [1.165, 1.54) is 0 Å². The van der Waals surface area contributed by atoms with Crippen molar-refractivity contribution in [2.24, 2.45) is 17.4 Å². The normalized spacial score (nSPS) is 17.9. The fraction of sp³-hybridized carbons (Fsp3) is 0.909. The van der Waals surface area contributed by atoms with Gasteiger partial charge in [-0.15, -0.1) is 0 Å². The Labute approximate surface area is 115 Å². The molecular weight excluding hydrogens is 270 g/mol. The van der Waals surface area contributed by atoms with Crippen molar-refractivity contribution in [3.63, 3.8) is 0 Å². The molecule has 1 heterocycles. The van der Waals surface area contributed by atoms with E-state index < -0.39 is 10.1 Å². The minimum atomic E-state index is -3.80. The molecule has 1 amide bonds. The van der Waals surface area contributed by atoms with Crippen molar-refractivity contribution < 1.29 is 17.8 Å². The molecule has 0 aromatic carbocycles. The van der Waals surface area contributed by atoms with Gasteiger partial charge in [0, 0.05) is 18.5 Å². The maximum atomic E-state index is 10.8. The standard InChI is InChI=1S/C9H18N2O.C2H7NO3S/c1-7(2)11-5-3-8(4-6-11)9(10)12;3-1-2-7(4,5)6/h7-8H,3-6H2,1-2H3,(H2,10,12);1-3H2,(H,4,5,6). The van der Waals surface area contributed by atoms with Crippen molar-refractivity contribution in [2.75, 3.05) is 25.4 Å². The van der Waals surface area contributed by atoms with E-state index >= 15 is 0 Å². The molecule has 1 saturated heterocycles. The zero-order chi connectivity index (χ0) is 15.1. The van der Waals surface area contributed by atoms with Crippen LogP contribution in [0.1, 0.15) is 26.7 Å². The number of rotatable bonds is 4. The smallest absolute Gasteiger partial charge is 0.266 e. The first-order valence-corrected chi connectivity index (χ1v) is 7.97. The topological polar surface area (TPSA) is 127 Å². The monoisotopic (exact) mass is 295 g/mol. The largest absolute Gasteiger partial charge is 0.369 e. The number of carbonyl (C=O) groups is 1. The van der Waals surface area contributed by atoms with Crippen molar-refractivity contribution in [1.82, 2.24) is 4.90 Å². The van der Waals surface area contributed by atoms with Crippen LogP contribution in [0, 0.1) is 5.92 Å². The molecule has 0 atom stereocenters. The van der Waals surface area contributed by atoms with Crippen molar-refractivity contribution in [1.29, 1.82) is 0 Å². The van der Waals surface area contributed by atoms with Crippen LogP contribution in [0.5, 0.6) is 0 Å². The van der Waals surface area contributed by atoms with Gasteiger partial charge < -0.3 is 16.4 Å². The maximum Gasteiger partial charge on any atom is 0.266 e. The molecule has 1 aliphatic heterocycles. The number of amides is 1. The Kier molecular flexibility index (Phi) is 8.15. The summed E-state index contributed by atoms with van der Waals surface area (Å²) in [6.45, 7) is 6.38. The van der Waals surface area contributed by atoms with Gasteiger partial charge in [-0.05, 0) is 39.8 Å². The van der Waals surface area contributed by atoms with Crippen LogP contribution < -0.4 is 11.5 Å². The summed E-state index contributed by atoms with van der Waals surface area (Å²) in [5, 5.41) is 0. The van der Waals surface area contributed by atoms with Crippen LogP contribution in [0.2, 0.25) is 0 Å². The van der Waals surface area contributed by atoms with E-state index in [2.05, 4.69) is 18.7 Å². The van der Waals surface area contributed by atoms with Crippen LogP contribution in [0.15, 0.2) is 0 Å². The first kappa shape index (κ1) is 18.3. The second-order valence-corrected chi connectivity index (χ2v) is 6.45. The van der Waals surface area contributed by atoms with Gasteiger partial charge in [0.2, 0.25) is 5.91 Å². The van der Waals surface area contributed by atoms with E-state index in [4.69, 9.17) is 16.0 Å². The third-order valence-electron chi connectivity index (χ3n) is 3.04. The van der Waals surface area contributed by atoms with Crippen LogP contribution in [-0.4, -0.2) is 55.2 Å². The van der Waals surface area contributed by atoms with Crippen molar-refractivity contribution in [3.8, 4) is 0 Å². The summed E-state index contributed by atoms with van der Waals surface area (Å²) in [7, 11) is -3.80. The van der Waals surface area contributed by atoms with E-state index in [1.54, 1.807) is 0 Å². The zero-order valence-corrected chi connectivity index (χ0v) is 12.4. The molecule has 0 radical (unpaired) electrons. The Hall–Kier alpha value is -0.700. The number of piperidine rings is 1. The summed E-state index contributed by atoms with van der Waals surface area (Å²) in [4.78, 5) is 13.2. The van der Waals surface area contributed by atoms with Gasteiger partial charge in [0.05, 0.1) is 5.75 Å². The average molecular weight is 295 g/mol. The molecule has 19 heavy (non-hydrogen) atoms. The molecule has 0 aromatic heterocycles. The molecule has 1 aliphatic rings. The second kappa shape index (κ2) is 8.47. The number of hydrogen-bond acceptors (Lipinski definition) is 5. The summed E-state index contributed by atoms with van der Waals surface area (Å²) >= 11 is 0. The summed E-state index contributed by atoms with van der Waals surface area (Å²) in [6.07, 6.45) is 1.88. The molecule has 5 N–H and O–H groups in total. The first-order chi connectivity index (χ1) is 8.67. The van der Waals surface area contributed by atoms with Crippen molar-refractivity contribution >= 4 is 16.0 Å². The third-order valence-corrected chi connectivity index (χ3v) is 3.79. The van der Waals surface area contributed by atoms with Crippen molar-refractivity contribution in [3.05, 3.63) is 0 Å². The highest BCUT2D eigenvalue weighted by Crippen LogP contribution is 2.17. The van der Waals surface area contributed by atoms with Gasteiger partial charge in [-0.3, -0.25) is 9.35 Å². The molecule has 114 valence electrons. The van der Waals surface area contributed by atoms with Crippen LogP contribution in [0.4, 0.5) is 0 Å². The summed E-state index contributed by atoms with van der Waals surface area (Å²) in [5.41, 5.74) is 10.0. The molecule has 0 saturated carbocycles. The SMILES string of the molecule is CC(C)N1CCC(C(N)=O)CC1.NCCS(=O)(=O)O. The quantitative estimate of drug-likeness (QED) is 0.596. The maximum absolute atomic E-state index is 10.8. The summed E-state index contributed by atoms with van der Waals surface area (Å²) in [6, 6.07) is 0.596. The van der Waals surface area contributed by atoms with Gasteiger partial charge in [-0.2, -0.15) is 8.42 Å². The Morgan fingerprint density at radius 1 is 1.37 bits per heavy atom. The number of hydrogen-bond donors (Lipinski definition) is 3. The molecule has 1 fully saturated rings. The molecule has 8 heteroatoms. The molecule has 0 unspecified atom stereocenters. The summed E-state index contributed by atoms with van der Waals surface area (Å²) in [5.74, 6) is -0.356. The van der Waals surface area contributed by atoms with E-state index in [9.17, 15) is 13.2 Å². The summed E-state index contributed by atoms with van der Waals surface area (Å²) < 4.78 is 27.3. The van der Waals surface area contributed by atoms with Crippen molar-refractivity contribution in [2.45, 2.75) is 32.7 Å². The van der Waals surface area contributed by atoms with Gasteiger partial charge in [-0.25, -0.2) is 0 Å². The highest BCUT2D eigenvalue weighted by Gasteiger charge is 2.23. The lowest BCUT2D eigenvalue weighted by Gasteiger charge is -2.33. The molecule has 1 rings (SSSR count). The van der Waals surface area contributed by atoms with Crippen LogP contribution in [0.3, 0.4) is 0 Å². The fourth-order valence-corrected chi connectivity index (χ4v) is 2.15. The van der Waals surface area contributed by atoms with Gasteiger partial charge >= 0.3 is 0 Å². The average Bonchev–Trinajstić information content (AvgIpc) is 2.28. The first-order valence-electron chi connectivity index (χ1n) is 6.36. The Bertz CT molecular complexity index is 362. The van der Waals surface area contributed by atoms with E-state index in [1.807, 2.05) is 0 Å². The predicted molar refractivity (Wildman–Crippen MR) is 74.1 cm³/mol. The Morgan fingerprint density at radius 3 is 2.05 bits per heavy atom. The fourth-order valence-electron chi connectivity index (χ4n) is 1.85. The zero-order valence-electron chi connectivity index (χ0n) is 11.6. The van der Waals surface area contributed by atoms with Crippen LogP contribution >= 0.6 is 0 Å². The minimum absolute atomic E-state index is 0.0289.